The van der Waals surface area contributed by atoms with Crippen LogP contribution in [0.5, 0.6) is 0 Å². The van der Waals surface area contributed by atoms with Crippen molar-refractivity contribution in [3.8, 4) is 0 Å². The van der Waals surface area contributed by atoms with Crippen LogP contribution in [0.15, 0.2) is 61.7 Å². The van der Waals surface area contributed by atoms with Crippen LogP contribution >= 0.6 is 0 Å². The van der Waals surface area contributed by atoms with Crippen LogP contribution in [-0.4, -0.2) is 11.9 Å². The number of carboxylic acids is 2. The summed E-state index contributed by atoms with van der Waals surface area (Å²) in [6.07, 6.45) is 39.0. The number of carbonyl (C=O) groups excluding carboxylic acids is 2. The van der Waals surface area contributed by atoms with E-state index in [0.717, 1.165) is 38.5 Å². The second-order valence-electron chi connectivity index (χ2n) is 16.3. The maximum absolute atomic E-state index is 10.5. The van der Waals surface area contributed by atoms with Crippen molar-refractivity contribution in [3.63, 3.8) is 0 Å². The van der Waals surface area contributed by atoms with Gasteiger partial charge in [0.1, 0.15) is 0 Å². The van der Waals surface area contributed by atoms with Crippen molar-refractivity contribution in [1.82, 2.24) is 0 Å². The minimum absolute atomic E-state index is 0. The molecular weight excluding hydrogens is 748 g/mol. The SMILES string of the molecule is C=Cc1ccc(C(CCCCCCCCC)CCCCCCCC(=O)[O-])cc1.C=Cc1ccc(C(CCCCCCCCC)CCCCCCCC(=O)[O-])cc1.[Co+2]. The monoisotopic (exact) mass is 830 g/mol. The quantitative estimate of drug-likeness (QED) is 0.0641. The van der Waals surface area contributed by atoms with Crippen LogP contribution in [-0.2, 0) is 26.4 Å². The molecule has 0 aliphatic carbocycles. The van der Waals surface area contributed by atoms with Crippen LogP contribution in [0, 0.1) is 0 Å². The molecule has 2 aromatic carbocycles. The third kappa shape index (κ3) is 31.0. The molecule has 4 nitrogen and oxygen atoms in total. The van der Waals surface area contributed by atoms with Gasteiger partial charge in [0.25, 0.3) is 0 Å². The number of carboxylic acid groups (broad SMARTS) is 2. The minimum Gasteiger partial charge on any atom is -0.550 e. The Hall–Kier alpha value is -2.63. The molecule has 0 aromatic heterocycles. The summed E-state index contributed by atoms with van der Waals surface area (Å²) in [7, 11) is 0. The van der Waals surface area contributed by atoms with Gasteiger partial charge in [0.05, 0.1) is 0 Å². The Balaban J connectivity index is 0.00000108. The van der Waals surface area contributed by atoms with Crippen LogP contribution < -0.4 is 10.2 Å². The van der Waals surface area contributed by atoms with Crippen molar-refractivity contribution >= 4 is 24.1 Å². The molecule has 2 rings (SSSR count). The smallest absolute Gasteiger partial charge is 0.550 e. The second-order valence-corrected chi connectivity index (χ2v) is 16.3. The van der Waals surface area contributed by atoms with Gasteiger partial charge in [-0.3, -0.25) is 0 Å². The summed E-state index contributed by atoms with van der Waals surface area (Å²) < 4.78 is 0. The van der Waals surface area contributed by atoms with Gasteiger partial charge in [-0.15, -0.1) is 0 Å². The Kier molecular flexibility index (Phi) is 37.1. The second kappa shape index (κ2) is 38.9. The van der Waals surface area contributed by atoms with Crippen molar-refractivity contribution < 1.29 is 36.6 Å². The number of benzene rings is 2. The van der Waals surface area contributed by atoms with Crippen LogP contribution in [0.4, 0.5) is 0 Å². The number of hydrogen-bond donors (Lipinski definition) is 0. The summed E-state index contributed by atoms with van der Waals surface area (Å²) >= 11 is 0. The molecule has 1 radical (unpaired) electrons. The predicted molar refractivity (Wildman–Crippen MR) is 238 cm³/mol. The van der Waals surface area contributed by atoms with E-state index in [1.54, 1.807) is 0 Å². The number of unbranched alkanes of at least 4 members (excludes halogenated alkanes) is 20. The molecule has 5 heteroatoms. The summed E-state index contributed by atoms with van der Waals surface area (Å²) in [6, 6.07) is 17.8. The molecule has 0 amide bonds. The summed E-state index contributed by atoms with van der Waals surface area (Å²) in [5, 5.41) is 20.9. The van der Waals surface area contributed by atoms with E-state index in [1.807, 2.05) is 12.2 Å². The van der Waals surface area contributed by atoms with Gasteiger partial charge in [-0.2, -0.15) is 0 Å². The molecule has 323 valence electrons. The van der Waals surface area contributed by atoms with E-state index in [9.17, 15) is 19.8 Å². The first-order valence-corrected chi connectivity index (χ1v) is 23.2. The molecule has 0 fully saturated rings. The fraction of sp³-hybridized carbons (Fsp3) is 0.654. The summed E-state index contributed by atoms with van der Waals surface area (Å²) in [6.45, 7) is 12.2. The molecule has 0 saturated heterocycles. The van der Waals surface area contributed by atoms with E-state index >= 15 is 0 Å². The molecule has 0 spiro atoms. The zero-order chi connectivity index (χ0) is 40.9. The molecule has 2 atom stereocenters. The van der Waals surface area contributed by atoms with E-state index in [1.165, 1.54) is 164 Å². The van der Waals surface area contributed by atoms with Crippen molar-refractivity contribution in [1.29, 1.82) is 0 Å². The van der Waals surface area contributed by atoms with Crippen molar-refractivity contribution in [2.45, 2.75) is 218 Å². The minimum atomic E-state index is -0.919. The molecule has 0 saturated carbocycles. The fourth-order valence-electron chi connectivity index (χ4n) is 7.84. The number of rotatable bonds is 36. The summed E-state index contributed by atoms with van der Waals surface area (Å²) in [4.78, 5) is 20.9. The Morgan fingerprint density at radius 2 is 0.684 bits per heavy atom. The topological polar surface area (TPSA) is 80.3 Å². The number of carbonyl (C=O) groups is 2. The van der Waals surface area contributed by atoms with Gasteiger partial charge in [0.2, 0.25) is 0 Å². The molecular formula is C52H82CoO4. The molecule has 57 heavy (non-hydrogen) atoms. The first-order valence-electron chi connectivity index (χ1n) is 23.2. The van der Waals surface area contributed by atoms with E-state index in [2.05, 4.69) is 75.5 Å². The Labute approximate surface area is 361 Å². The van der Waals surface area contributed by atoms with Gasteiger partial charge in [0.15, 0.2) is 0 Å². The average molecular weight is 830 g/mol. The van der Waals surface area contributed by atoms with Gasteiger partial charge in [-0.05, 0) is 85.5 Å². The molecule has 0 N–H and O–H groups in total. The van der Waals surface area contributed by atoms with Gasteiger partial charge in [0, 0.05) is 11.9 Å². The zero-order valence-electron chi connectivity index (χ0n) is 36.5. The largest absolute Gasteiger partial charge is 2.00 e. The van der Waals surface area contributed by atoms with E-state index < -0.39 is 11.9 Å². The normalized spacial score (nSPS) is 11.8. The van der Waals surface area contributed by atoms with E-state index in [-0.39, 0.29) is 29.6 Å². The maximum atomic E-state index is 10.5. The Morgan fingerprint density at radius 3 is 0.930 bits per heavy atom. The Bertz CT molecular complexity index is 1140. The standard InChI is InChI=1S/2C26H42O2.Co/c2*1-3-5-6-7-8-10-13-16-24(25-21-19-23(4-2)20-22-25)17-14-11-9-12-15-18-26(27)28;/h2*4,19-22,24H,2-3,5-18H2,1H3,(H,27,28);/q;;+2/p-2. The molecule has 0 aliphatic heterocycles. The first kappa shape index (κ1) is 54.4. The predicted octanol–water partition coefficient (Wildman–Crippen LogP) is 14.1. The van der Waals surface area contributed by atoms with Crippen LogP contribution in [0.1, 0.15) is 241 Å². The number of hydrogen-bond acceptors (Lipinski definition) is 4. The van der Waals surface area contributed by atoms with Crippen LogP contribution in [0.25, 0.3) is 12.2 Å². The molecule has 0 bridgehead atoms. The van der Waals surface area contributed by atoms with Crippen LogP contribution in [0.3, 0.4) is 0 Å². The van der Waals surface area contributed by atoms with Gasteiger partial charge in [-0.25, -0.2) is 0 Å². The maximum Gasteiger partial charge on any atom is 2.00 e. The summed E-state index contributed by atoms with van der Waals surface area (Å²) in [5.41, 5.74) is 5.31. The van der Waals surface area contributed by atoms with Crippen LogP contribution in [0.2, 0.25) is 0 Å². The molecule has 2 unspecified atom stereocenters. The van der Waals surface area contributed by atoms with Crippen molar-refractivity contribution in [2.75, 3.05) is 0 Å². The van der Waals surface area contributed by atoms with Gasteiger partial charge >= 0.3 is 16.8 Å². The third-order valence-corrected chi connectivity index (χ3v) is 11.5. The Morgan fingerprint density at radius 1 is 0.439 bits per heavy atom. The first-order chi connectivity index (χ1) is 27.3. The average Bonchev–Trinajstić information content (AvgIpc) is 3.21. The van der Waals surface area contributed by atoms with Gasteiger partial charge < -0.3 is 19.8 Å². The third-order valence-electron chi connectivity index (χ3n) is 11.5. The van der Waals surface area contributed by atoms with Crippen molar-refractivity contribution in [2.24, 2.45) is 0 Å². The van der Waals surface area contributed by atoms with E-state index in [4.69, 9.17) is 0 Å². The fourth-order valence-corrected chi connectivity index (χ4v) is 7.84. The van der Waals surface area contributed by atoms with Gasteiger partial charge in [-0.1, -0.05) is 229 Å². The summed E-state index contributed by atoms with van der Waals surface area (Å²) in [5.74, 6) is -0.536. The number of aliphatic carboxylic acids is 2. The molecule has 2 aromatic rings. The zero-order valence-corrected chi connectivity index (χ0v) is 37.6. The molecule has 0 aliphatic rings. The molecule has 0 heterocycles. The van der Waals surface area contributed by atoms with Crippen molar-refractivity contribution in [3.05, 3.63) is 83.9 Å². The van der Waals surface area contributed by atoms with E-state index in [0.29, 0.717) is 11.8 Å².